The summed E-state index contributed by atoms with van der Waals surface area (Å²) in [7, 11) is 6.38. The third-order valence-electron chi connectivity index (χ3n) is 6.24. The molecule has 0 aliphatic carbocycles. The van der Waals surface area contributed by atoms with Crippen molar-refractivity contribution in [1.29, 1.82) is 0 Å². The Bertz CT molecular complexity index is 1130. The Kier molecular flexibility index (Phi) is 6.73. The van der Waals surface area contributed by atoms with Crippen molar-refractivity contribution in [2.75, 3.05) is 32.1 Å². The second kappa shape index (κ2) is 9.84. The molecule has 2 aliphatic heterocycles. The lowest BCUT2D eigenvalue weighted by atomic mass is 10.0. The summed E-state index contributed by atoms with van der Waals surface area (Å²) in [6.07, 6.45) is 4.50. The smallest absolute Gasteiger partial charge is 0.0477 e. The molecule has 0 spiro atoms. The van der Waals surface area contributed by atoms with Crippen molar-refractivity contribution in [1.82, 2.24) is 9.47 Å². The van der Waals surface area contributed by atoms with Gasteiger partial charge in [-0.15, -0.1) is 0 Å². The van der Waals surface area contributed by atoms with Gasteiger partial charge < -0.3 is 14.4 Å². The fourth-order valence-electron chi connectivity index (χ4n) is 4.36. The van der Waals surface area contributed by atoms with E-state index in [9.17, 15) is 0 Å². The van der Waals surface area contributed by atoms with Crippen molar-refractivity contribution in [2.45, 2.75) is 19.4 Å². The van der Waals surface area contributed by atoms with Crippen LogP contribution in [-0.4, -0.2) is 36.7 Å². The van der Waals surface area contributed by atoms with E-state index in [1.165, 1.54) is 59.2 Å². The van der Waals surface area contributed by atoms with Crippen LogP contribution in [0.3, 0.4) is 0 Å². The molecule has 0 saturated heterocycles. The quantitative estimate of drug-likeness (QED) is 0.377. The lowest BCUT2D eigenvalue weighted by Crippen LogP contribution is -2.26. The summed E-state index contributed by atoms with van der Waals surface area (Å²) in [6.45, 7) is 3.51. The number of aromatic nitrogens is 1. The van der Waals surface area contributed by atoms with Crippen LogP contribution in [0.4, 0.5) is 5.69 Å². The summed E-state index contributed by atoms with van der Waals surface area (Å²) in [5.41, 5.74) is 7.22. The monoisotopic (exact) mass is 411 g/mol. The number of hydrogen-bond donors (Lipinski definition) is 0. The van der Waals surface area contributed by atoms with Gasteiger partial charge in [-0.2, -0.15) is 0 Å². The molecule has 0 atom stereocenters. The number of para-hydroxylation sites is 2. The molecule has 3 heterocycles. The number of benzene rings is 3. The maximum absolute atomic E-state index is 2.36. The Morgan fingerprint density at radius 1 is 0.613 bits per heavy atom. The molecule has 0 amide bonds. The standard InChI is InChI=1S/C10H13N.C9H11N.C9H9N/c1-11-7-6-9-4-2-3-5-10(9)8-11;2*1-10-7-6-8-4-2-3-5-9(8)10/h2-5H,6-8H2,1H3;2-5H,6-7H2,1H3;2-7H,1H3. The zero-order chi connectivity index (χ0) is 21.6. The second-order valence-corrected chi connectivity index (χ2v) is 8.54. The van der Waals surface area contributed by atoms with E-state index in [0.717, 1.165) is 6.54 Å². The summed E-state index contributed by atoms with van der Waals surface area (Å²) in [6, 6.07) is 27.8. The van der Waals surface area contributed by atoms with Crippen LogP contribution in [0.5, 0.6) is 0 Å². The number of hydrogen-bond acceptors (Lipinski definition) is 2. The Hall–Kier alpha value is -3.04. The van der Waals surface area contributed by atoms with E-state index in [1.54, 1.807) is 0 Å². The number of fused-ring (bicyclic) bond motifs is 3. The zero-order valence-corrected chi connectivity index (χ0v) is 19.0. The highest BCUT2D eigenvalue weighted by molar-refractivity contribution is 5.79. The molecule has 2 aliphatic rings. The molecule has 3 heteroatoms. The molecule has 6 rings (SSSR count). The van der Waals surface area contributed by atoms with Crippen LogP contribution in [0.1, 0.15) is 16.7 Å². The van der Waals surface area contributed by atoms with Crippen molar-refractivity contribution in [3.05, 3.63) is 102 Å². The van der Waals surface area contributed by atoms with E-state index in [1.807, 2.05) is 0 Å². The minimum Gasteiger partial charge on any atom is -0.374 e. The summed E-state index contributed by atoms with van der Waals surface area (Å²) < 4.78 is 2.12. The predicted octanol–water partition coefficient (Wildman–Crippen LogP) is 5.53. The SMILES string of the molecule is CN1CCc2ccccc21.CN1CCc2ccccc2C1.Cn1ccc2ccccc21. The number of likely N-dealkylation sites (N-methyl/N-ethyl adjacent to an activating group) is 2. The molecule has 31 heavy (non-hydrogen) atoms. The molecule has 3 aromatic carbocycles. The lowest BCUT2D eigenvalue weighted by molar-refractivity contribution is 0.313. The molecular weight excluding hydrogens is 378 g/mol. The Labute approximate surface area is 186 Å². The van der Waals surface area contributed by atoms with Crippen LogP contribution in [0.25, 0.3) is 10.9 Å². The van der Waals surface area contributed by atoms with E-state index in [-0.39, 0.29) is 0 Å². The fourth-order valence-corrected chi connectivity index (χ4v) is 4.36. The van der Waals surface area contributed by atoms with E-state index in [4.69, 9.17) is 0 Å². The van der Waals surface area contributed by atoms with Crippen molar-refractivity contribution in [3.8, 4) is 0 Å². The van der Waals surface area contributed by atoms with Crippen molar-refractivity contribution in [3.63, 3.8) is 0 Å². The normalized spacial score (nSPS) is 14.7. The van der Waals surface area contributed by atoms with Crippen LogP contribution < -0.4 is 4.90 Å². The van der Waals surface area contributed by atoms with Gasteiger partial charge in [-0.05, 0) is 60.2 Å². The molecule has 1 aromatic heterocycles. The van der Waals surface area contributed by atoms with Gasteiger partial charge in [0.1, 0.15) is 0 Å². The molecule has 160 valence electrons. The predicted molar refractivity (Wildman–Crippen MR) is 133 cm³/mol. The molecular formula is C28H33N3. The van der Waals surface area contributed by atoms with Gasteiger partial charge in [-0.25, -0.2) is 0 Å². The lowest BCUT2D eigenvalue weighted by Gasteiger charge is -2.24. The molecule has 0 fully saturated rings. The van der Waals surface area contributed by atoms with Gasteiger partial charge in [0, 0.05) is 51.1 Å². The van der Waals surface area contributed by atoms with Crippen molar-refractivity contribution < 1.29 is 0 Å². The van der Waals surface area contributed by atoms with Crippen LogP contribution in [0, 0.1) is 0 Å². The molecule has 0 N–H and O–H groups in total. The van der Waals surface area contributed by atoms with Gasteiger partial charge in [0.15, 0.2) is 0 Å². The molecule has 0 saturated carbocycles. The first-order valence-electron chi connectivity index (χ1n) is 11.2. The third kappa shape index (κ3) is 5.18. The van der Waals surface area contributed by atoms with Gasteiger partial charge in [0.05, 0.1) is 0 Å². The average Bonchev–Trinajstić information content (AvgIpc) is 3.38. The number of aryl methyl sites for hydroxylation is 1. The van der Waals surface area contributed by atoms with E-state index in [2.05, 4.69) is 121 Å². The Morgan fingerprint density at radius 2 is 1.26 bits per heavy atom. The van der Waals surface area contributed by atoms with Crippen LogP contribution >= 0.6 is 0 Å². The highest BCUT2D eigenvalue weighted by Crippen LogP contribution is 2.25. The summed E-state index contributed by atoms with van der Waals surface area (Å²) in [5, 5.41) is 1.31. The molecule has 0 radical (unpaired) electrons. The van der Waals surface area contributed by atoms with Gasteiger partial charge in [-0.3, -0.25) is 0 Å². The van der Waals surface area contributed by atoms with E-state index in [0.29, 0.717) is 0 Å². The first kappa shape index (κ1) is 21.2. The van der Waals surface area contributed by atoms with Crippen LogP contribution in [-0.2, 0) is 26.4 Å². The second-order valence-electron chi connectivity index (χ2n) is 8.54. The van der Waals surface area contributed by atoms with E-state index >= 15 is 0 Å². The Balaban J connectivity index is 0.000000112. The van der Waals surface area contributed by atoms with E-state index < -0.39 is 0 Å². The van der Waals surface area contributed by atoms with Crippen LogP contribution in [0.2, 0.25) is 0 Å². The van der Waals surface area contributed by atoms with Crippen molar-refractivity contribution in [2.24, 2.45) is 7.05 Å². The van der Waals surface area contributed by atoms with Gasteiger partial charge in [0.2, 0.25) is 0 Å². The summed E-state index contributed by atoms with van der Waals surface area (Å²) in [4.78, 5) is 4.66. The summed E-state index contributed by atoms with van der Waals surface area (Å²) in [5.74, 6) is 0. The minimum atomic E-state index is 1.12. The molecule has 4 aromatic rings. The number of nitrogens with zero attached hydrogens (tertiary/aromatic N) is 3. The largest absolute Gasteiger partial charge is 0.374 e. The number of anilines is 1. The average molecular weight is 412 g/mol. The van der Waals surface area contributed by atoms with Crippen LogP contribution in [0.15, 0.2) is 85.1 Å². The Morgan fingerprint density at radius 3 is 2.03 bits per heavy atom. The highest BCUT2D eigenvalue weighted by atomic mass is 15.1. The van der Waals surface area contributed by atoms with Gasteiger partial charge in [-0.1, -0.05) is 60.7 Å². The molecule has 0 unspecified atom stereocenters. The molecule has 3 nitrogen and oxygen atoms in total. The summed E-state index contributed by atoms with van der Waals surface area (Å²) >= 11 is 0. The van der Waals surface area contributed by atoms with Gasteiger partial charge >= 0.3 is 0 Å². The third-order valence-corrected chi connectivity index (χ3v) is 6.24. The highest BCUT2D eigenvalue weighted by Gasteiger charge is 2.13. The maximum atomic E-state index is 2.36. The topological polar surface area (TPSA) is 11.4 Å². The first-order chi connectivity index (χ1) is 15.1. The van der Waals surface area contributed by atoms with Gasteiger partial charge in [0.25, 0.3) is 0 Å². The maximum Gasteiger partial charge on any atom is 0.0477 e. The molecule has 0 bridgehead atoms. The minimum absolute atomic E-state index is 1.12. The van der Waals surface area contributed by atoms with Crippen molar-refractivity contribution >= 4 is 16.6 Å². The fraction of sp³-hybridized carbons (Fsp3) is 0.286. The first-order valence-corrected chi connectivity index (χ1v) is 11.2. The zero-order valence-electron chi connectivity index (χ0n) is 19.0. The number of rotatable bonds is 0.